The largest absolute Gasteiger partial charge is 0.476 e. The molecule has 0 radical (unpaired) electrons. The molecular formula is C11H10BrN3O2. The Morgan fingerprint density at radius 1 is 1.35 bits per heavy atom. The number of nitrogens with zero attached hydrogens (tertiary/aromatic N) is 3. The van der Waals surface area contributed by atoms with Gasteiger partial charge >= 0.3 is 5.97 Å². The normalized spacial score (nSPS) is 10.5. The Labute approximate surface area is 106 Å². The van der Waals surface area contributed by atoms with Crippen molar-refractivity contribution in [1.82, 2.24) is 15.0 Å². The van der Waals surface area contributed by atoms with E-state index in [1.165, 1.54) is 10.9 Å². The number of benzene rings is 1. The minimum Gasteiger partial charge on any atom is -0.476 e. The summed E-state index contributed by atoms with van der Waals surface area (Å²) >= 11 is 3.40. The van der Waals surface area contributed by atoms with Crippen LogP contribution in [0.4, 0.5) is 0 Å². The Balaban J connectivity index is 2.69. The van der Waals surface area contributed by atoms with Crippen molar-refractivity contribution in [3.8, 4) is 5.69 Å². The summed E-state index contributed by atoms with van der Waals surface area (Å²) in [5.41, 5.74) is 2.68. The molecule has 0 aliphatic carbocycles. The molecule has 1 aromatic carbocycles. The highest BCUT2D eigenvalue weighted by Crippen LogP contribution is 2.24. The van der Waals surface area contributed by atoms with Gasteiger partial charge in [-0.05, 0) is 37.1 Å². The Kier molecular flexibility index (Phi) is 2.97. The van der Waals surface area contributed by atoms with Crippen LogP contribution >= 0.6 is 15.9 Å². The van der Waals surface area contributed by atoms with E-state index in [1.54, 1.807) is 0 Å². The Bertz CT molecular complexity index is 569. The number of carboxylic acids is 1. The molecule has 0 spiro atoms. The topological polar surface area (TPSA) is 68.0 Å². The Hall–Kier alpha value is -1.69. The third kappa shape index (κ3) is 2.08. The number of hydrogen-bond acceptors (Lipinski definition) is 3. The number of carboxylic acid groups (broad SMARTS) is 1. The van der Waals surface area contributed by atoms with Crippen molar-refractivity contribution < 1.29 is 9.90 Å². The molecule has 2 rings (SSSR count). The van der Waals surface area contributed by atoms with Crippen LogP contribution in [0.15, 0.2) is 22.8 Å². The van der Waals surface area contributed by atoms with Gasteiger partial charge in [-0.15, -0.1) is 5.10 Å². The molecule has 1 aromatic heterocycles. The third-order valence-corrected chi connectivity index (χ3v) is 2.89. The fourth-order valence-corrected chi connectivity index (χ4v) is 2.47. The molecular weight excluding hydrogens is 286 g/mol. The van der Waals surface area contributed by atoms with Crippen LogP contribution in [0.5, 0.6) is 0 Å². The Morgan fingerprint density at radius 2 is 1.94 bits per heavy atom. The summed E-state index contributed by atoms with van der Waals surface area (Å²) in [5, 5.41) is 16.5. The average Bonchev–Trinajstić information content (AvgIpc) is 2.64. The average molecular weight is 296 g/mol. The lowest BCUT2D eigenvalue weighted by atomic mass is 10.1. The van der Waals surface area contributed by atoms with E-state index in [1.807, 2.05) is 26.0 Å². The van der Waals surface area contributed by atoms with E-state index in [-0.39, 0.29) is 5.69 Å². The van der Waals surface area contributed by atoms with Gasteiger partial charge in [0, 0.05) is 4.47 Å². The number of aryl methyl sites for hydroxylation is 2. The second kappa shape index (κ2) is 4.29. The van der Waals surface area contributed by atoms with Crippen molar-refractivity contribution in [1.29, 1.82) is 0 Å². The first-order valence-electron chi connectivity index (χ1n) is 4.92. The predicted octanol–water partition coefficient (Wildman–Crippen LogP) is 2.34. The predicted molar refractivity (Wildman–Crippen MR) is 65.5 cm³/mol. The summed E-state index contributed by atoms with van der Waals surface area (Å²) in [7, 11) is 0. The first-order valence-corrected chi connectivity index (χ1v) is 5.71. The van der Waals surface area contributed by atoms with Crippen molar-refractivity contribution in [3.05, 3.63) is 39.6 Å². The molecule has 0 saturated heterocycles. The summed E-state index contributed by atoms with van der Waals surface area (Å²) in [6, 6.07) is 3.82. The van der Waals surface area contributed by atoms with Gasteiger partial charge in [0.05, 0.1) is 11.9 Å². The second-order valence-corrected chi connectivity index (χ2v) is 4.64. The van der Waals surface area contributed by atoms with Gasteiger partial charge in [-0.25, -0.2) is 9.48 Å². The zero-order valence-corrected chi connectivity index (χ0v) is 10.9. The maximum atomic E-state index is 11.0. The molecule has 0 fully saturated rings. The molecule has 5 nitrogen and oxygen atoms in total. The highest BCUT2D eigenvalue weighted by molar-refractivity contribution is 9.10. The zero-order valence-electron chi connectivity index (χ0n) is 9.31. The van der Waals surface area contributed by atoms with Gasteiger partial charge < -0.3 is 5.11 Å². The van der Waals surface area contributed by atoms with Crippen molar-refractivity contribution in [3.63, 3.8) is 0 Å². The molecule has 0 atom stereocenters. The van der Waals surface area contributed by atoms with E-state index in [2.05, 4.69) is 26.2 Å². The lowest BCUT2D eigenvalue weighted by molar-refractivity contribution is 0.0687. The van der Waals surface area contributed by atoms with Crippen LogP contribution in [-0.4, -0.2) is 26.1 Å². The lowest BCUT2D eigenvalue weighted by Gasteiger charge is -2.11. The molecule has 1 N–H and O–H groups in total. The number of halogens is 1. The number of hydrogen-bond donors (Lipinski definition) is 1. The van der Waals surface area contributed by atoms with Crippen LogP contribution in [0.1, 0.15) is 21.6 Å². The minimum atomic E-state index is -1.04. The maximum Gasteiger partial charge on any atom is 0.356 e. The molecule has 6 heteroatoms. The maximum absolute atomic E-state index is 11.0. The molecule has 2 aromatic rings. The fourth-order valence-electron chi connectivity index (χ4n) is 1.78. The highest BCUT2D eigenvalue weighted by Gasteiger charge is 2.16. The van der Waals surface area contributed by atoms with Crippen LogP contribution in [-0.2, 0) is 0 Å². The minimum absolute atomic E-state index is 0.0542. The van der Waals surface area contributed by atoms with E-state index >= 15 is 0 Å². The number of aromatic nitrogens is 3. The van der Waals surface area contributed by atoms with Gasteiger partial charge in [-0.1, -0.05) is 21.1 Å². The van der Waals surface area contributed by atoms with Crippen LogP contribution in [0.3, 0.4) is 0 Å². The van der Waals surface area contributed by atoms with Crippen molar-refractivity contribution in [2.75, 3.05) is 0 Å². The van der Waals surface area contributed by atoms with Crippen LogP contribution in [0, 0.1) is 13.8 Å². The standard InChI is InChI=1S/C11H10BrN3O2/c1-6-3-8(12)4-7(2)10(6)15-9(11(16)17)5-13-14-15/h3-5H,1-2H3,(H,16,17). The van der Waals surface area contributed by atoms with Crippen LogP contribution < -0.4 is 0 Å². The first-order chi connectivity index (χ1) is 8.00. The molecule has 0 aliphatic rings. The van der Waals surface area contributed by atoms with E-state index < -0.39 is 5.97 Å². The number of rotatable bonds is 2. The van der Waals surface area contributed by atoms with Crippen molar-refractivity contribution >= 4 is 21.9 Å². The molecule has 0 unspecified atom stereocenters. The summed E-state index contributed by atoms with van der Waals surface area (Å²) in [4.78, 5) is 11.0. The molecule has 88 valence electrons. The lowest BCUT2D eigenvalue weighted by Crippen LogP contribution is -2.10. The second-order valence-electron chi connectivity index (χ2n) is 3.72. The van der Waals surface area contributed by atoms with Gasteiger partial charge in [-0.3, -0.25) is 0 Å². The van der Waals surface area contributed by atoms with Gasteiger partial charge in [0.15, 0.2) is 5.69 Å². The molecule has 17 heavy (non-hydrogen) atoms. The first kappa shape index (κ1) is 11.8. The van der Waals surface area contributed by atoms with Gasteiger partial charge in [0.1, 0.15) is 0 Å². The van der Waals surface area contributed by atoms with Gasteiger partial charge in [-0.2, -0.15) is 0 Å². The zero-order chi connectivity index (χ0) is 12.6. The highest BCUT2D eigenvalue weighted by atomic mass is 79.9. The summed E-state index contributed by atoms with van der Waals surface area (Å²) in [5.74, 6) is -1.04. The Morgan fingerprint density at radius 3 is 2.47 bits per heavy atom. The van der Waals surface area contributed by atoms with Gasteiger partial charge in [0.25, 0.3) is 0 Å². The molecule has 0 saturated carbocycles. The quantitative estimate of drug-likeness (QED) is 0.923. The van der Waals surface area contributed by atoms with Crippen LogP contribution in [0.25, 0.3) is 5.69 Å². The molecule has 0 amide bonds. The SMILES string of the molecule is Cc1cc(Br)cc(C)c1-n1nncc1C(=O)O. The van der Waals surface area contributed by atoms with E-state index in [0.717, 1.165) is 21.3 Å². The van der Waals surface area contributed by atoms with Crippen molar-refractivity contribution in [2.24, 2.45) is 0 Å². The number of aromatic carboxylic acids is 1. The summed E-state index contributed by atoms with van der Waals surface area (Å²) in [6.07, 6.45) is 1.24. The smallest absolute Gasteiger partial charge is 0.356 e. The summed E-state index contributed by atoms with van der Waals surface area (Å²) in [6.45, 7) is 3.81. The molecule has 1 heterocycles. The number of carbonyl (C=O) groups is 1. The monoisotopic (exact) mass is 295 g/mol. The van der Waals surface area contributed by atoms with E-state index in [9.17, 15) is 4.79 Å². The van der Waals surface area contributed by atoms with E-state index in [4.69, 9.17) is 5.11 Å². The molecule has 0 aliphatic heterocycles. The van der Waals surface area contributed by atoms with Gasteiger partial charge in [0.2, 0.25) is 0 Å². The van der Waals surface area contributed by atoms with E-state index in [0.29, 0.717) is 0 Å². The molecule has 0 bridgehead atoms. The van der Waals surface area contributed by atoms with Crippen LogP contribution in [0.2, 0.25) is 0 Å². The van der Waals surface area contributed by atoms with Crippen molar-refractivity contribution in [2.45, 2.75) is 13.8 Å². The summed E-state index contributed by atoms with van der Waals surface area (Å²) < 4.78 is 2.30. The fraction of sp³-hybridized carbons (Fsp3) is 0.182. The third-order valence-electron chi connectivity index (χ3n) is 2.44.